The Morgan fingerprint density at radius 3 is 3.00 bits per heavy atom. The molecule has 2 rings (SSSR count). The number of amides is 1. The molecule has 0 radical (unpaired) electrons. The summed E-state index contributed by atoms with van der Waals surface area (Å²) < 4.78 is 0. The molecule has 18 heavy (non-hydrogen) atoms. The van der Waals surface area contributed by atoms with Crippen LogP contribution in [0.1, 0.15) is 28.8 Å². The van der Waals surface area contributed by atoms with Crippen molar-refractivity contribution < 1.29 is 9.90 Å². The third-order valence-electron chi connectivity index (χ3n) is 3.35. The van der Waals surface area contributed by atoms with Crippen molar-refractivity contribution >= 4 is 17.2 Å². The van der Waals surface area contributed by atoms with E-state index in [-0.39, 0.29) is 12.5 Å². The van der Waals surface area contributed by atoms with Crippen LogP contribution in [0.3, 0.4) is 0 Å². The molecule has 2 heterocycles. The molecule has 0 saturated carbocycles. The molecule has 1 aliphatic rings. The minimum absolute atomic E-state index is 0.0155. The van der Waals surface area contributed by atoms with Crippen molar-refractivity contribution in [1.29, 1.82) is 0 Å². The minimum atomic E-state index is 0.0155. The summed E-state index contributed by atoms with van der Waals surface area (Å²) in [5.41, 5.74) is 1.79. The lowest BCUT2D eigenvalue weighted by Crippen LogP contribution is -2.42. The zero-order valence-electron chi connectivity index (χ0n) is 10.7. The Bertz CT molecular complexity index is 399. The summed E-state index contributed by atoms with van der Waals surface area (Å²) in [7, 11) is 0. The number of aryl methyl sites for hydroxylation is 1. The normalized spacial score (nSPS) is 19.1. The van der Waals surface area contributed by atoms with Gasteiger partial charge in [-0.15, -0.1) is 0 Å². The highest BCUT2D eigenvalue weighted by Gasteiger charge is 2.23. The van der Waals surface area contributed by atoms with Crippen molar-refractivity contribution in [2.45, 2.75) is 25.8 Å². The molecule has 5 heteroatoms. The Kier molecular flexibility index (Phi) is 4.74. The lowest BCUT2D eigenvalue weighted by molar-refractivity contribution is 0.0706. The van der Waals surface area contributed by atoms with Crippen LogP contribution in [0, 0.1) is 6.92 Å². The highest BCUT2D eigenvalue weighted by atomic mass is 32.1. The maximum absolute atomic E-state index is 12.4. The second-order valence-electron chi connectivity index (χ2n) is 4.74. The Morgan fingerprint density at radius 2 is 2.44 bits per heavy atom. The van der Waals surface area contributed by atoms with E-state index in [2.05, 4.69) is 5.32 Å². The van der Waals surface area contributed by atoms with Crippen LogP contribution < -0.4 is 5.32 Å². The van der Waals surface area contributed by atoms with Crippen molar-refractivity contribution in [2.75, 3.05) is 26.2 Å². The standard InChI is InChI=1S/C13H20N2O2S/c1-10-8-18-9-12(10)13(17)15(5-6-16)7-11-3-2-4-14-11/h8-9,11,14,16H,2-7H2,1H3. The molecule has 0 spiro atoms. The lowest BCUT2D eigenvalue weighted by Gasteiger charge is -2.25. The van der Waals surface area contributed by atoms with Gasteiger partial charge in [0.05, 0.1) is 12.2 Å². The van der Waals surface area contributed by atoms with Gasteiger partial charge in [-0.2, -0.15) is 11.3 Å². The average molecular weight is 268 g/mol. The molecule has 2 N–H and O–H groups in total. The van der Waals surface area contributed by atoms with E-state index in [0.717, 1.165) is 24.1 Å². The Hall–Kier alpha value is -0.910. The molecule has 1 saturated heterocycles. The summed E-state index contributed by atoms with van der Waals surface area (Å²) in [6.45, 7) is 4.10. The summed E-state index contributed by atoms with van der Waals surface area (Å²) in [4.78, 5) is 14.2. The number of aliphatic hydroxyl groups is 1. The molecule has 1 aromatic heterocycles. The summed E-state index contributed by atoms with van der Waals surface area (Å²) in [6, 6.07) is 0.374. The molecule has 1 fully saturated rings. The number of thiophene rings is 1. The summed E-state index contributed by atoms with van der Waals surface area (Å²) in [5.74, 6) is 0.0384. The van der Waals surface area contributed by atoms with E-state index in [1.165, 1.54) is 6.42 Å². The summed E-state index contributed by atoms with van der Waals surface area (Å²) in [5, 5.41) is 16.4. The Labute approximate surface area is 112 Å². The van der Waals surface area contributed by atoms with Gasteiger partial charge in [-0.05, 0) is 37.3 Å². The third-order valence-corrected chi connectivity index (χ3v) is 4.21. The zero-order valence-corrected chi connectivity index (χ0v) is 11.5. The smallest absolute Gasteiger partial charge is 0.255 e. The SMILES string of the molecule is Cc1cscc1C(=O)N(CCO)CC1CCCN1. The third kappa shape index (κ3) is 3.10. The van der Waals surface area contributed by atoms with Gasteiger partial charge in [0, 0.05) is 24.5 Å². The second kappa shape index (κ2) is 6.31. The molecule has 4 nitrogen and oxygen atoms in total. The van der Waals surface area contributed by atoms with Crippen molar-refractivity contribution in [2.24, 2.45) is 0 Å². The number of hydrogen-bond donors (Lipinski definition) is 2. The van der Waals surface area contributed by atoms with Gasteiger partial charge in [-0.25, -0.2) is 0 Å². The number of hydrogen-bond acceptors (Lipinski definition) is 4. The van der Waals surface area contributed by atoms with Gasteiger partial charge in [0.25, 0.3) is 5.91 Å². The Morgan fingerprint density at radius 1 is 1.61 bits per heavy atom. The van der Waals surface area contributed by atoms with Gasteiger partial charge in [-0.1, -0.05) is 0 Å². The molecule has 1 aliphatic heterocycles. The zero-order chi connectivity index (χ0) is 13.0. The van der Waals surface area contributed by atoms with Gasteiger partial charge in [0.2, 0.25) is 0 Å². The monoisotopic (exact) mass is 268 g/mol. The van der Waals surface area contributed by atoms with Gasteiger partial charge in [0.1, 0.15) is 0 Å². The molecule has 100 valence electrons. The number of carbonyl (C=O) groups excluding carboxylic acids is 1. The first-order chi connectivity index (χ1) is 8.72. The Balaban J connectivity index is 2.04. The number of aliphatic hydroxyl groups excluding tert-OH is 1. The van der Waals surface area contributed by atoms with Gasteiger partial charge < -0.3 is 15.3 Å². The molecule has 1 atom stereocenters. The second-order valence-corrected chi connectivity index (χ2v) is 5.48. The van der Waals surface area contributed by atoms with Crippen molar-refractivity contribution in [3.05, 3.63) is 21.9 Å². The number of nitrogens with zero attached hydrogens (tertiary/aromatic N) is 1. The van der Waals surface area contributed by atoms with Gasteiger partial charge in [0.15, 0.2) is 0 Å². The molecular weight excluding hydrogens is 248 g/mol. The molecular formula is C13H20N2O2S. The number of carbonyl (C=O) groups is 1. The van der Waals surface area contributed by atoms with Crippen LogP contribution in [-0.2, 0) is 0 Å². The quantitative estimate of drug-likeness (QED) is 0.845. The van der Waals surface area contributed by atoms with E-state index >= 15 is 0 Å². The maximum Gasteiger partial charge on any atom is 0.255 e. The topological polar surface area (TPSA) is 52.6 Å². The predicted molar refractivity (Wildman–Crippen MR) is 73.1 cm³/mol. The highest BCUT2D eigenvalue weighted by Crippen LogP contribution is 2.17. The average Bonchev–Trinajstić information content (AvgIpc) is 2.99. The fourth-order valence-corrected chi connectivity index (χ4v) is 3.15. The fraction of sp³-hybridized carbons (Fsp3) is 0.615. The summed E-state index contributed by atoms with van der Waals surface area (Å²) >= 11 is 1.55. The fourth-order valence-electron chi connectivity index (χ4n) is 2.33. The number of nitrogens with one attached hydrogen (secondary N) is 1. The van der Waals surface area contributed by atoms with E-state index in [1.54, 1.807) is 16.2 Å². The molecule has 1 unspecified atom stereocenters. The largest absolute Gasteiger partial charge is 0.395 e. The van der Waals surface area contributed by atoms with Crippen LogP contribution in [0.15, 0.2) is 10.8 Å². The molecule has 0 aliphatic carbocycles. The predicted octanol–water partition coefficient (Wildman–Crippen LogP) is 1.24. The van der Waals surface area contributed by atoms with Crippen LogP contribution in [0.5, 0.6) is 0 Å². The highest BCUT2D eigenvalue weighted by molar-refractivity contribution is 7.08. The maximum atomic E-state index is 12.4. The van der Waals surface area contributed by atoms with Crippen LogP contribution >= 0.6 is 11.3 Å². The van der Waals surface area contributed by atoms with E-state index in [1.807, 2.05) is 17.7 Å². The van der Waals surface area contributed by atoms with Gasteiger partial charge >= 0.3 is 0 Å². The van der Waals surface area contributed by atoms with Crippen LogP contribution in [0.4, 0.5) is 0 Å². The van der Waals surface area contributed by atoms with Crippen LogP contribution in [0.2, 0.25) is 0 Å². The number of rotatable bonds is 5. The molecule has 0 aromatic carbocycles. The van der Waals surface area contributed by atoms with E-state index < -0.39 is 0 Å². The molecule has 1 aromatic rings. The first-order valence-corrected chi connectivity index (χ1v) is 7.33. The minimum Gasteiger partial charge on any atom is -0.395 e. The van der Waals surface area contributed by atoms with Crippen molar-refractivity contribution in [3.63, 3.8) is 0 Å². The van der Waals surface area contributed by atoms with E-state index in [9.17, 15) is 4.79 Å². The van der Waals surface area contributed by atoms with Crippen molar-refractivity contribution in [1.82, 2.24) is 10.2 Å². The van der Waals surface area contributed by atoms with Crippen LogP contribution in [-0.4, -0.2) is 48.2 Å². The van der Waals surface area contributed by atoms with Gasteiger partial charge in [-0.3, -0.25) is 4.79 Å². The first kappa shape index (κ1) is 13.5. The lowest BCUT2D eigenvalue weighted by atomic mass is 10.1. The molecule has 1 amide bonds. The van der Waals surface area contributed by atoms with Crippen molar-refractivity contribution in [3.8, 4) is 0 Å². The molecule has 0 bridgehead atoms. The van der Waals surface area contributed by atoms with Crippen LogP contribution in [0.25, 0.3) is 0 Å². The van der Waals surface area contributed by atoms with E-state index in [4.69, 9.17) is 5.11 Å². The van der Waals surface area contributed by atoms with E-state index in [0.29, 0.717) is 19.1 Å². The first-order valence-electron chi connectivity index (χ1n) is 6.38. The summed E-state index contributed by atoms with van der Waals surface area (Å²) in [6.07, 6.45) is 2.28.